The lowest BCUT2D eigenvalue weighted by Crippen LogP contribution is -2.54. The second-order valence-electron chi connectivity index (χ2n) is 11.8. The van der Waals surface area contributed by atoms with E-state index in [2.05, 4.69) is 5.32 Å². The summed E-state index contributed by atoms with van der Waals surface area (Å²) in [5.41, 5.74) is 3.09. The molecular weight excluding hydrogens is 598 g/mol. The van der Waals surface area contributed by atoms with Crippen LogP contribution in [0.3, 0.4) is 0 Å². The number of carbonyl (C=O) groups is 2. The Kier molecular flexibility index (Phi) is 10.8. The SMILES string of the molecule is Cc1ccccc1CN(C(=O)CN(c1ccc(Oc2ccccc2)cc1)S(C)(=O)=O)[C@H](Cc1ccccc1)C(=O)NC1CCCC1. The third-order valence-electron chi connectivity index (χ3n) is 8.36. The maximum Gasteiger partial charge on any atom is 0.244 e. The monoisotopic (exact) mass is 639 g/mol. The number of ether oxygens (including phenoxy) is 1. The van der Waals surface area contributed by atoms with Crippen molar-refractivity contribution in [2.75, 3.05) is 17.1 Å². The number of hydrogen-bond donors (Lipinski definition) is 1. The van der Waals surface area contributed by atoms with Crippen LogP contribution in [0.15, 0.2) is 109 Å². The lowest BCUT2D eigenvalue weighted by Gasteiger charge is -2.34. The van der Waals surface area contributed by atoms with Crippen LogP contribution in [0.1, 0.15) is 42.4 Å². The van der Waals surface area contributed by atoms with E-state index in [-0.39, 0.29) is 18.5 Å². The van der Waals surface area contributed by atoms with Crippen molar-refractivity contribution in [1.29, 1.82) is 0 Å². The highest BCUT2D eigenvalue weighted by Crippen LogP contribution is 2.27. The summed E-state index contributed by atoms with van der Waals surface area (Å²) in [4.78, 5) is 29.9. The van der Waals surface area contributed by atoms with Crippen molar-refractivity contribution in [1.82, 2.24) is 10.2 Å². The van der Waals surface area contributed by atoms with E-state index in [1.807, 2.05) is 91.9 Å². The molecule has 240 valence electrons. The number of sulfonamides is 1. The molecule has 0 bridgehead atoms. The van der Waals surface area contributed by atoms with Crippen molar-refractivity contribution in [3.8, 4) is 11.5 Å². The van der Waals surface area contributed by atoms with Gasteiger partial charge >= 0.3 is 0 Å². The molecule has 1 fully saturated rings. The summed E-state index contributed by atoms with van der Waals surface area (Å²) in [5, 5.41) is 3.20. The molecule has 4 aromatic rings. The summed E-state index contributed by atoms with van der Waals surface area (Å²) in [6, 6.07) is 32.4. The van der Waals surface area contributed by atoms with E-state index in [4.69, 9.17) is 4.74 Å². The molecule has 0 aliphatic heterocycles. The van der Waals surface area contributed by atoms with E-state index in [1.54, 1.807) is 29.2 Å². The van der Waals surface area contributed by atoms with Crippen molar-refractivity contribution in [3.05, 3.63) is 126 Å². The number of anilines is 1. The summed E-state index contributed by atoms with van der Waals surface area (Å²) < 4.78 is 33.3. The van der Waals surface area contributed by atoms with Crippen molar-refractivity contribution in [2.45, 2.75) is 57.7 Å². The Hall–Kier alpha value is -4.63. The van der Waals surface area contributed by atoms with Gasteiger partial charge in [-0.1, -0.05) is 85.6 Å². The van der Waals surface area contributed by atoms with Crippen molar-refractivity contribution in [3.63, 3.8) is 0 Å². The summed E-state index contributed by atoms with van der Waals surface area (Å²) in [6.45, 7) is 1.65. The molecule has 1 aliphatic rings. The van der Waals surface area contributed by atoms with E-state index < -0.39 is 28.5 Å². The van der Waals surface area contributed by atoms with E-state index in [0.717, 1.165) is 52.9 Å². The predicted octanol–water partition coefficient (Wildman–Crippen LogP) is 6.25. The first kappa shape index (κ1) is 32.8. The molecule has 2 amide bonds. The van der Waals surface area contributed by atoms with Crippen LogP contribution in [0.5, 0.6) is 11.5 Å². The minimum atomic E-state index is -3.88. The van der Waals surface area contributed by atoms with Crippen molar-refractivity contribution >= 4 is 27.5 Å². The Balaban J connectivity index is 1.46. The van der Waals surface area contributed by atoms with Crippen LogP contribution in [-0.4, -0.2) is 50.0 Å². The summed E-state index contributed by atoms with van der Waals surface area (Å²) in [7, 11) is -3.88. The maximum absolute atomic E-state index is 14.4. The summed E-state index contributed by atoms with van der Waals surface area (Å²) in [5.74, 6) is 0.479. The zero-order valence-corrected chi connectivity index (χ0v) is 27.2. The molecule has 5 rings (SSSR count). The Labute approximate surface area is 272 Å². The second kappa shape index (κ2) is 15.1. The standard InChI is InChI=1S/C37H41N3O5S/c1-28-13-9-10-16-30(28)26-39(35(25-29-14-5-3-6-15-29)37(42)38-31-17-11-12-18-31)36(41)27-40(46(2,43)44)32-21-23-34(24-22-32)45-33-19-7-4-8-20-33/h3-10,13-16,19-24,31,35H,11-12,17-18,25-27H2,1-2H3,(H,38,42)/t35-/m1/s1. The molecule has 0 unspecified atom stereocenters. The summed E-state index contributed by atoms with van der Waals surface area (Å²) in [6.07, 6.45) is 5.29. The van der Waals surface area contributed by atoms with Gasteiger partial charge in [-0.3, -0.25) is 13.9 Å². The van der Waals surface area contributed by atoms with Gasteiger partial charge in [-0.05, 0) is 72.9 Å². The third-order valence-corrected chi connectivity index (χ3v) is 9.50. The molecule has 1 saturated carbocycles. The lowest BCUT2D eigenvalue weighted by molar-refractivity contribution is -0.140. The number of nitrogens with one attached hydrogen (secondary N) is 1. The van der Waals surface area contributed by atoms with Gasteiger partial charge in [0.05, 0.1) is 11.9 Å². The normalized spacial score (nSPS) is 14.0. The quantitative estimate of drug-likeness (QED) is 0.187. The molecule has 1 aliphatic carbocycles. The zero-order valence-electron chi connectivity index (χ0n) is 26.3. The molecule has 0 heterocycles. The second-order valence-corrected chi connectivity index (χ2v) is 13.7. The number of hydrogen-bond acceptors (Lipinski definition) is 5. The van der Waals surface area contributed by atoms with E-state index >= 15 is 0 Å². The highest BCUT2D eigenvalue weighted by atomic mass is 32.2. The first-order chi connectivity index (χ1) is 22.2. The highest BCUT2D eigenvalue weighted by Gasteiger charge is 2.34. The van der Waals surface area contributed by atoms with Gasteiger partial charge in [0.1, 0.15) is 24.1 Å². The van der Waals surface area contributed by atoms with Crippen molar-refractivity contribution < 1.29 is 22.7 Å². The zero-order chi connectivity index (χ0) is 32.5. The van der Waals surface area contributed by atoms with Crippen LogP contribution >= 0.6 is 0 Å². The van der Waals surface area contributed by atoms with Crippen LogP contribution in [0, 0.1) is 6.92 Å². The fourth-order valence-electron chi connectivity index (χ4n) is 5.81. The fourth-order valence-corrected chi connectivity index (χ4v) is 6.66. The first-order valence-corrected chi connectivity index (χ1v) is 17.5. The number of amides is 2. The maximum atomic E-state index is 14.4. The first-order valence-electron chi connectivity index (χ1n) is 15.7. The van der Waals surface area contributed by atoms with Crippen LogP contribution < -0.4 is 14.4 Å². The Morgan fingerprint density at radius 3 is 2.04 bits per heavy atom. The van der Waals surface area contributed by atoms with Gasteiger partial charge < -0.3 is 15.0 Å². The van der Waals surface area contributed by atoms with Crippen LogP contribution in [-0.2, 0) is 32.6 Å². The predicted molar refractivity (Wildman–Crippen MR) is 181 cm³/mol. The molecule has 0 aromatic heterocycles. The van der Waals surface area contributed by atoms with Gasteiger partial charge in [0, 0.05) is 19.0 Å². The fraction of sp³-hybridized carbons (Fsp3) is 0.297. The van der Waals surface area contributed by atoms with Gasteiger partial charge in [-0.2, -0.15) is 0 Å². The summed E-state index contributed by atoms with van der Waals surface area (Å²) >= 11 is 0. The van der Waals surface area contributed by atoms with Gasteiger partial charge in [0.15, 0.2) is 0 Å². The largest absolute Gasteiger partial charge is 0.457 e. The highest BCUT2D eigenvalue weighted by molar-refractivity contribution is 7.92. The van der Waals surface area contributed by atoms with Gasteiger partial charge in [0.25, 0.3) is 0 Å². The molecular formula is C37H41N3O5S. The number of benzene rings is 4. The number of aryl methyl sites for hydroxylation is 1. The topological polar surface area (TPSA) is 96.0 Å². The molecule has 9 heteroatoms. The molecule has 0 spiro atoms. The van der Waals surface area contributed by atoms with Gasteiger partial charge in [-0.25, -0.2) is 8.42 Å². The smallest absolute Gasteiger partial charge is 0.244 e. The minimum absolute atomic E-state index is 0.0605. The molecule has 1 N–H and O–H groups in total. The van der Waals surface area contributed by atoms with Gasteiger partial charge in [-0.15, -0.1) is 0 Å². The average Bonchev–Trinajstić information content (AvgIpc) is 3.56. The molecule has 0 radical (unpaired) electrons. The van der Waals surface area contributed by atoms with Crippen LogP contribution in [0.25, 0.3) is 0 Å². The Morgan fingerprint density at radius 2 is 1.41 bits per heavy atom. The lowest BCUT2D eigenvalue weighted by atomic mass is 10.0. The molecule has 4 aromatic carbocycles. The van der Waals surface area contributed by atoms with Gasteiger partial charge in [0.2, 0.25) is 21.8 Å². The number of para-hydroxylation sites is 1. The van der Waals surface area contributed by atoms with E-state index in [9.17, 15) is 18.0 Å². The van der Waals surface area contributed by atoms with E-state index in [0.29, 0.717) is 23.6 Å². The van der Waals surface area contributed by atoms with Crippen LogP contribution in [0.4, 0.5) is 5.69 Å². The third kappa shape index (κ3) is 8.75. The average molecular weight is 640 g/mol. The molecule has 8 nitrogen and oxygen atoms in total. The molecule has 0 saturated heterocycles. The Morgan fingerprint density at radius 1 is 0.826 bits per heavy atom. The van der Waals surface area contributed by atoms with E-state index in [1.165, 1.54) is 0 Å². The molecule has 1 atom stereocenters. The van der Waals surface area contributed by atoms with Crippen LogP contribution in [0.2, 0.25) is 0 Å². The Bertz CT molecular complexity index is 1710. The molecule has 46 heavy (non-hydrogen) atoms. The number of carbonyl (C=O) groups excluding carboxylic acids is 2. The van der Waals surface area contributed by atoms with Crippen molar-refractivity contribution in [2.24, 2.45) is 0 Å². The number of nitrogens with zero attached hydrogens (tertiary/aromatic N) is 2. The number of rotatable bonds is 13. The minimum Gasteiger partial charge on any atom is -0.457 e.